The fourth-order valence-electron chi connectivity index (χ4n) is 2.99. The van der Waals surface area contributed by atoms with E-state index in [-0.39, 0.29) is 11.9 Å². The van der Waals surface area contributed by atoms with Crippen LogP contribution in [0.1, 0.15) is 40.5 Å². The third kappa shape index (κ3) is 3.59. The number of ether oxygens (including phenoxy) is 1. The number of nitrogens with one attached hydrogen (secondary N) is 1. The van der Waals surface area contributed by atoms with Crippen molar-refractivity contribution in [1.82, 2.24) is 10.3 Å². The first-order valence-corrected chi connectivity index (χ1v) is 8.21. The molecule has 1 amide bonds. The first-order valence-electron chi connectivity index (χ1n) is 8.21. The molecule has 2 aromatic rings. The van der Waals surface area contributed by atoms with Crippen LogP contribution in [-0.2, 0) is 4.74 Å². The van der Waals surface area contributed by atoms with E-state index in [9.17, 15) is 4.79 Å². The van der Waals surface area contributed by atoms with E-state index in [0.717, 1.165) is 35.9 Å². The van der Waals surface area contributed by atoms with E-state index in [0.29, 0.717) is 18.9 Å². The Bertz CT molecular complexity index is 720. The average molecular weight is 329 g/mol. The Morgan fingerprint density at radius 3 is 2.71 bits per heavy atom. The van der Waals surface area contributed by atoms with Gasteiger partial charge in [0.25, 0.3) is 5.91 Å². The number of aryl methyl sites for hydroxylation is 2. The van der Waals surface area contributed by atoms with Crippen molar-refractivity contribution >= 4 is 11.6 Å². The molecule has 1 fully saturated rings. The van der Waals surface area contributed by atoms with E-state index in [1.807, 2.05) is 39.0 Å². The molecule has 0 bridgehead atoms. The van der Waals surface area contributed by atoms with Crippen LogP contribution >= 0.6 is 0 Å². The van der Waals surface area contributed by atoms with Crippen LogP contribution in [0.3, 0.4) is 0 Å². The maximum absolute atomic E-state index is 12.5. The molecule has 0 radical (unpaired) electrons. The molecule has 0 unspecified atom stereocenters. The number of hydrogen-bond acceptors (Lipinski definition) is 5. The molecule has 0 spiro atoms. The highest BCUT2D eigenvalue weighted by Gasteiger charge is 2.18. The normalized spacial score (nSPS) is 16.0. The molecule has 1 saturated heterocycles. The Balaban J connectivity index is 1.71. The number of aromatic nitrogens is 1. The summed E-state index contributed by atoms with van der Waals surface area (Å²) >= 11 is 0. The van der Waals surface area contributed by atoms with Crippen LogP contribution in [0.15, 0.2) is 28.8 Å². The van der Waals surface area contributed by atoms with E-state index in [2.05, 4.69) is 15.2 Å². The summed E-state index contributed by atoms with van der Waals surface area (Å²) in [5.41, 5.74) is 2.41. The summed E-state index contributed by atoms with van der Waals surface area (Å²) in [5.74, 6) is 1.49. The molecule has 1 N–H and O–H groups in total. The summed E-state index contributed by atoms with van der Waals surface area (Å²) in [6.45, 7) is 8.83. The second-order valence-corrected chi connectivity index (χ2v) is 6.06. The highest BCUT2D eigenvalue weighted by atomic mass is 16.5. The summed E-state index contributed by atoms with van der Waals surface area (Å²) in [7, 11) is 0. The van der Waals surface area contributed by atoms with Crippen molar-refractivity contribution in [2.24, 2.45) is 0 Å². The molecule has 3 rings (SSSR count). The largest absolute Gasteiger partial charge is 0.466 e. The molecule has 2 aromatic heterocycles. The van der Waals surface area contributed by atoms with E-state index in [1.54, 1.807) is 6.20 Å². The molecule has 0 aliphatic carbocycles. The number of carbonyl (C=O) groups is 1. The molecule has 0 saturated carbocycles. The summed E-state index contributed by atoms with van der Waals surface area (Å²) in [6.07, 6.45) is 1.68. The molecule has 6 heteroatoms. The molecule has 1 aliphatic heterocycles. The lowest BCUT2D eigenvalue weighted by Gasteiger charge is -2.28. The molecule has 0 aromatic carbocycles. The van der Waals surface area contributed by atoms with Gasteiger partial charge in [-0.05, 0) is 39.0 Å². The molecule has 1 atom stereocenters. The number of hydrogen-bond donors (Lipinski definition) is 1. The molecule has 24 heavy (non-hydrogen) atoms. The number of rotatable bonds is 4. The van der Waals surface area contributed by atoms with Gasteiger partial charge < -0.3 is 19.4 Å². The Kier molecular flexibility index (Phi) is 4.85. The zero-order valence-corrected chi connectivity index (χ0v) is 14.3. The molecule has 3 heterocycles. The second kappa shape index (κ2) is 7.05. The van der Waals surface area contributed by atoms with Crippen molar-refractivity contribution in [3.63, 3.8) is 0 Å². The lowest BCUT2D eigenvalue weighted by atomic mass is 10.1. The smallest absolute Gasteiger partial charge is 0.270 e. The van der Waals surface area contributed by atoms with Crippen LogP contribution in [0.25, 0.3) is 0 Å². The van der Waals surface area contributed by atoms with Gasteiger partial charge in [-0.1, -0.05) is 0 Å². The number of amides is 1. The van der Waals surface area contributed by atoms with Gasteiger partial charge in [0, 0.05) is 30.5 Å². The van der Waals surface area contributed by atoms with Gasteiger partial charge in [-0.2, -0.15) is 0 Å². The predicted molar refractivity (Wildman–Crippen MR) is 91.3 cm³/mol. The summed E-state index contributed by atoms with van der Waals surface area (Å²) < 4.78 is 10.9. The minimum Gasteiger partial charge on any atom is -0.466 e. The fourth-order valence-corrected chi connectivity index (χ4v) is 2.99. The van der Waals surface area contributed by atoms with Crippen LogP contribution < -0.4 is 10.2 Å². The second-order valence-electron chi connectivity index (χ2n) is 6.06. The number of morpholine rings is 1. The zero-order chi connectivity index (χ0) is 17.1. The molecular formula is C18H23N3O3. The Morgan fingerprint density at radius 2 is 2.04 bits per heavy atom. The standard InChI is InChI=1S/C18H23N3O3/c1-12-10-16(14(3)24-12)13(2)20-18(22)17-11-15(4-5-19-17)21-6-8-23-9-7-21/h4-5,10-11,13H,6-9H2,1-3H3,(H,20,22)/t13-/m0/s1. The monoisotopic (exact) mass is 329 g/mol. The Labute approximate surface area is 141 Å². The average Bonchev–Trinajstić information content (AvgIpc) is 2.94. The zero-order valence-electron chi connectivity index (χ0n) is 14.3. The Hall–Kier alpha value is -2.34. The van der Waals surface area contributed by atoms with Crippen LogP contribution in [0.4, 0.5) is 5.69 Å². The quantitative estimate of drug-likeness (QED) is 0.934. The van der Waals surface area contributed by atoms with Crippen LogP contribution in [0.2, 0.25) is 0 Å². The maximum Gasteiger partial charge on any atom is 0.270 e. The predicted octanol–water partition coefficient (Wildman–Crippen LogP) is 2.62. The summed E-state index contributed by atoms with van der Waals surface area (Å²) in [5, 5.41) is 2.99. The van der Waals surface area contributed by atoms with Crippen molar-refractivity contribution in [3.8, 4) is 0 Å². The number of carbonyl (C=O) groups excluding carboxylic acids is 1. The highest BCUT2D eigenvalue weighted by molar-refractivity contribution is 5.93. The first kappa shape index (κ1) is 16.5. The lowest BCUT2D eigenvalue weighted by molar-refractivity contribution is 0.0934. The van der Waals surface area contributed by atoms with E-state index >= 15 is 0 Å². The van der Waals surface area contributed by atoms with Crippen LogP contribution in [0.5, 0.6) is 0 Å². The number of anilines is 1. The van der Waals surface area contributed by atoms with Crippen LogP contribution in [0, 0.1) is 13.8 Å². The number of furan rings is 1. The minimum atomic E-state index is -0.184. The van der Waals surface area contributed by atoms with E-state index < -0.39 is 0 Å². The summed E-state index contributed by atoms with van der Waals surface area (Å²) in [4.78, 5) is 19.0. The SMILES string of the molecule is Cc1cc([C@H](C)NC(=O)c2cc(N3CCOCC3)ccn2)c(C)o1. The van der Waals surface area contributed by atoms with Gasteiger partial charge in [0.05, 0.1) is 19.3 Å². The van der Waals surface area contributed by atoms with Gasteiger partial charge in [0.15, 0.2) is 0 Å². The van der Waals surface area contributed by atoms with Crippen molar-refractivity contribution in [2.45, 2.75) is 26.8 Å². The lowest BCUT2D eigenvalue weighted by Crippen LogP contribution is -2.36. The molecule has 128 valence electrons. The summed E-state index contributed by atoms with van der Waals surface area (Å²) in [6, 6.07) is 5.58. The first-order chi connectivity index (χ1) is 11.5. The van der Waals surface area contributed by atoms with Gasteiger partial charge in [0.2, 0.25) is 0 Å². The third-order valence-electron chi connectivity index (χ3n) is 4.25. The number of pyridine rings is 1. The highest BCUT2D eigenvalue weighted by Crippen LogP contribution is 2.22. The van der Waals surface area contributed by atoms with Crippen molar-refractivity contribution in [2.75, 3.05) is 31.2 Å². The maximum atomic E-state index is 12.5. The Morgan fingerprint density at radius 1 is 1.29 bits per heavy atom. The minimum absolute atomic E-state index is 0.135. The fraction of sp³-hybridized carbons (Fsp3) is 0.444. The third-order valence-corrected chi connectivity index (χ3v) is 4.25. The molecule has 6 nitrogen and oxygen atoms in total. The van der Waals surface area contributed by atoms with Crippen molar-refractivity contribution < 1.29 is 13.9 Å². The van der Waals surface area contributed by atoms with Crippen molar-refractivity contribution in [1.29, 1.82) is 0 Å². The van der Waals surface area contributed by atoms with Crippen molar-refractivity contribution in [3.05, 3.63) is 47.2 Å². The topological polar surface area (TPSA) is 67.6 Å². The van der Waals surface area contributed by atoms with Gasteiger partial charge in [-0.3, -0.25) is 9.78 Å². The van der Waals surface area contributed by atoms with E-state index in [1.165, 1.54) is 0 Å². The van der Waals surface area contributed by atoms with Crippen LogP contribution in [-0.4, -0.2) is 37.2 Å². The molecule has 1 aliphatic rings. The van der Waals surface area contributed by atoms with Gasteiger partial charge in [-0.25, -0.2) is 0 Å². The van der Waals surface area contributed by atoms with Gasteiger partial charge in [-0.15, -0.1) is 0 Å². The van der Waals surface area contributed by atoms with E-state index in [4.69, 9.17) is 9.15 Å². The molecular weight excluding hydrogens is 306 g/mol. The number of nitrogens with zero attached hydrogens (tertiary/aromatic N) is 2. The van der Waals surface area contributed by atoms with Gasteiger partial charge in [0.1, 0.15) is 17.2 Å². The van der Waals surface area contributed by atoms with Gasteiger partial charge >= 0.3 is 0 Å².